The lowest BCUT2D eigenvalue weighted by Crippen LogP contribution is -2.22. The van der Waals surface area contributed by atoms with E-state index in [1.165, 1.54) is 0 Å². The Labute approximate surface area is 104 Å². The van der Waals surface area contributed by atoms with Crippen LogP contribution < -0.4 is 10.2 Å². The molecule has 96 valence electrons. The van der Waals surface area contributed by atoms with Crippen molar-refractivity contribution in [3.8, 4) is 6.07 Å². The number of rotatable bonds is 5. The van der Waals surface area contributed by atoms with Gasteiger partial charge in [-0.05, 0) is 6.92 Å². The summed E-state index contributed by atoms with van der Waals surface area (Å²) in [5.74, 6) is 0.531. The van der Waals surface area contributed by atoms with Crippen LogP contribution >= 0.6 is 0 Å². The highest BCUT2D eigenvalue weighted by Gasteiger charge is 2.24. The van der Waals surface area contributed by atoms with Crippen LogP contribution in [0.3, 0.4) is 0 Å². The molecule has 0 aliphatic heterocycles. The van der Waals surface area contributed by atoms with E-state index in [2.05, 4.69) is 15.3 Å². The Morgan fingerprint density at radius 3 is 2.72 bits per heavy atom. The van der Waals surface area contributed by atoms with Crippen molar-refractivity contribution in [1.29, 1.82) is 5.26 Å². The van der Waals surface area contributed by atoms with Gasteiger partial charge in [0, 0.05) is 20.6 Å². The van der Waals surface area contributed by atoms with Gasteiger partial charge in [0.2, 0.25) is 11.8 Å². The normalized spacial score (nSPS) is 9.67. The number of hydrogen-bond acceptors (Lipinski definition) is 7. The van der Waals surface area contributed by atoms with Gasteiger partial charge in [-0.3, -0.25) is 10.1 Å². The number of nitro groups is 1. The van der Waals surface area contributed by atoms with Gasteiger partial charge in [0.1, 0.15) is 5.69 Å². The molecule has 1 rings (SSSR count). The lowest BCUT2D eigenvalue weighted by molar-refractivity contribution is -0.385. The first-order valence-corrected chi connectivity index (χ1v) is 5.30. The van der Waals surface area contributed by atoms with E-state index in [1.807, 2.05) is 6.07 Å². The smallest absolute Gasteiger partial charge is 0.332 e. The van der Waals surface area contributed by atoms with Gasteiger partial charge in [-0.25, -0.2) is 4.98 Å². The first kappa shape index (κ1) is 13.6. The molecule has 0 radical (unpaired) electrons. The summed E-state index contributed by atoms with van der Waals surface area (Å²) in [5, 5.41) is 22.3. The van der Waals surface area contributed by atoms with Crippen molar-refractivity contribution < 1.29 is 4.92 Å². The van der Waals surface area contributed by atoms with E-state index in [4.69, 9.17) is 5.26 Å². The Morgan fingerprint density at radius 1 is 1.56 bits per heavy atom. The van der Waals surface area contributed by atoms with E-state index in [0.717, 1.165) is 0 Å². The predicted octanol–water partition coefficient (Wildman–Crippen LogP) is 1.08. The van der Waals surface area contributed by atoms with Crippen molar-refractivity contribution in [3.05, 3.63) is 15.8 Å². The van der Waals surface area contributed by atoms with Gasteiger partial charge in [-0.1, -0.05) is 0 Å². The minimum absolute atomic E-state index is 0.130. The molecule has 0 unspecified atom stereocenters. The molecule has 0 saturated heterocycles. The van der Waals surface area contributed by atoms with Crippen LogP contribution in [0.1, 0.15) is 12.1 Å². The van der Waals surface area contributed by atoms with Gasteiger partial charge >= 0.3 is 5.69 Å². The highest BCUT2D eigenvalue weighted by atomic mass is 16.6. The molecule has 0 aliphatic rings. The largest absolute Gasteiger partial charge is 0.357 e. The Morgan fingerprint density at radius 2 is 2.22 bits per heavy atom. The van der Waals surface area contributed by atoms with Gasteiger partial charge in [0.25, 0.3) is 0 Å². The Kier molecular flexibility index (Phi) is 4.37. The summed E-state index contributed by atoms with van der Waals surface area (Å²) in [6.07, 6.45) is 0.269. The van der Waals surface area contributed by atoms with Gasteiger partial charge in [0.15, 0.2) is 0 Å². The summed E-state index contributed by atoms with van der Waals surface area (Å²) in [7, 11) is 3.30. The highest BCUT2D eigenvalue weighted by Crippen LogP contribution is 2.28. The van der Waals surface area contributed by atoms with Crippen LogP contribution in [0.5, 0.6) is 0 Å². The van der Waals surface area contributed by atoms with Crippen LogP contribution in [-0.2, 0) is 0 Å². The minimum Gasteiger partial charge on any atom is -0.357 e. The van der Waals surface area contributed by atoms with Crippen molar-refractivity contribution in [2.75, 3.05) is 30.9 Å². The minimum atomic E-state index is -0.507. The fourth-order valence-electron chi connectivity index (χ4n) is 1.47. The third-order valence-corrected chi connectivity index (χ3v) is 2.37. The van der Waals surface area contributed by atoms with Crippen LogP contribution in [0.4, 0.5) is 17.5 Å². The molecule has 0 atom stereocenters. The summed E-state index contributed by atoms with van der Waals surface area (Å²) >= 11 is 0. The zero-order chi connectivity index (χ0) is 13.7. The van der Waals surface area contributed by atoms with E-state index in [0.29, 0.717) is 12.5 Å². The second-order valence-electron chi connectivity index (χ2n) is 3.64. The predicted molar refractivity (Wildman–Crippen MR) is 66.5 cm³/mol. The van der Waals surface area contributed by atoms with E-state index in [1.54, 1.807) is 25.9 Å². The van der Waals surface area contributed by atoms with Crippen LogP contribution in [0.25, 0.3) is 0 Å². The molecular weight excluding hydrogens is 236 g/mol. The molecule has 18 heavy (non-hydrogen) atoms. The van der Waals surface area contributed by atoms with Crippen molar-refractivity contribution in [2.24, 2.45) is 0 Å². The Bertz CT molecular complexity index is 496. The van der Waals surface area contributed by atoms with E-state index in [-0.39, 0.29) is 23.6 Å². The van der Waals surface area contributed by atoms with Gasteiger partial charge in [0.05, 0.1) is 17.4 Å². The van der Waals surface area contributed by atoms with Crippen molar-refractivity contribution in [2.45, 2.75) is 13.3 Å². The average Bonchev–Trinajstić information content (AvgIpc) is 2.34. The maximum atomic E-state index is 11.0. The third kappa shape index (κ3) is 2.82. The molecular formula is C10H14N6O2. The number of nitrogens with one attached hydrogen (secondary N) is 1. The summed E-state index contributed by atoms with van der Waals surface area (Å²) in [6.45, 7) is 1.93. The lowest BCUT2D eigenvalue weighted by Gasteiger charge is -2.17. The lowest BCUT2D eigenvalue weighted by atomic mass is 10.3. The summed E-state index contributed by atoms with van der Waals surface area (Å²) in [4.78, 5) is 20.2. The first-order valence-electron chi connectivity index (χ1n) is 5.30. The quantitative estimate of drug-likeness (QED) is 0.615. The molecule has 1 N–H and O–H groups in total. The van der Waals surface area contributed by atoms with E-state index in [9.17, 15) is 10.1 Å². The summed E-state index contributed by atoms with van der Waals surface area (Å²) < 4.78 is 0. The molecule has 8 nitrogen and oxygen atoms in total. The van der Waals surface area contributed by atoms with Crippen LogP contribution in [0.2, 0.25) is 0 Å². The molecule has 8 heteroatoms. The fraction of sp³-hybridized carbons (Fsp3) is 0.500. The number of aromatic nitrogens is 2. The molecule has 0 fully saturated rings. The maximum absolute atomic E-state index is 11.0. The maximum Gasteiger partial charge on any atom is 0.332 e. The second kappa shape index (κ2) is 5.77. The molecule has 0 aromatic carbocycles. The third-order valence-electron chi connectivity index (χ3n) is 2.37. The van der Waals surface area contributed by atoms with Gasteiger partial charge < -0.3 is 10.2 Å². The SMILES string of the molecule is CNc1nc(C)c([N+](=O)[O-])c(N(C)CCC#N)n1. The zero-order valence-corrected chi connectivity index (χ0v) is 10.5. The highest BCUT2D eigenvalue weighted by molar-refractivity contribution is 5.62. The Hall–Kier alpha value is -2.43. The number of nitrogens with zero attached hydrogens (tertiary/aromatic N) is 5. The van der Waals surface area contributed by atoms with Crippen molar-refractivity contribution in [1.82, 2.24) is 9.97 Å². The molecule has 0 bridgehead atoms. The molecule has 0 saturated carbocycles. The summed E-state index contributed by atoms with van der Waals surface area (Å²) in [5.41, 5.74) is 0.160. The number of nitriles is 1. The van der Waals surface area contributed by atoms with Crippen molar-refractivity contribution in [3.63, 3.8) is 0 Å². The summed E-state index contributed by atoms with van der Waals surface area (Å²) in [6, 6.07) is 1.99. The monoisotopic (exact) mass is 250 g/mol. The number of hydrogen-bond donors (Lipinski definition) is 1. The second-order valence-corrected chi connectivity index (χ2v) is 3.64. The van der Waals surface area contributed by atoms with Crippen molar-refractivity contribution >= 4 is 17.5 Å². The van der Waals surface area contributed by atoms with Crippen LogP contribution in [0.15, 0.2) is 0 Å². The fourth-order valence-corrected chi connectivity index (χ4v) is 1.47. The first-order chi connectivity index (χ1) is 8.51. The number of anilines is 2. The molecule has 1 aromatic rings. The van der Waals surface area contributed by atoms with E-state index < -0.39 is 4.92 Å². The average molecular weight is 250 g/mol. The molecule has 0 aliphatic carbocycles. The molecule has 1 heterocycles. The van der Waals surface area contributed by atoms with Gasteiger partial charge in [-0.15, -0.1) is 0 Å². The molecule has 0 spiro atoms. The standard InChI is InChI=1S/C10H14N6O2/c1-7-8(16(17)18)9(14-10(12-2)13-7)15(3)6-4-5-11/h4,6H2,1-3H3,(H,12,13,14). The topological polar surface area (TPSA) is 108 Å². The molecule has 1 aromatic heterocycles. The Balaban J connectivity index is 3.25. The molecule has 0 amide bonds. The van der Waals surface area contributed by atoms with Gasteiger partial charge in [-0.2, -0.15) is 10.2 Å². The zero-order valence-electron chi connectivity index (χ0n) is 10.5. The van der Waals surface area contributed by atoms with Crippen LogP contribution in [0, 0.1) is 28.4 Å². The van der Waals surface area contributed by atoms with Crippen LogP contribution in [-0.4, -0.2) is 35.5 Å². The number of aryl methyl sites for hydroxylation is 1. The van der Waals surface area contributed by atoms with E-state index >= 15 is 0 Å².